The van der Waals surface area contributed by atoms with E-state index in [-0.39, 0.29) is 0 Å². The minimum absolute atomic E-state index is 0.519. The Morgan fingerprint density at radius 1 is 0.323 bits per heavy atom. The third kappa shape index (κ3) is 65.5. The lowest BCUT2D eigenvalue weighted by Crippen LogP contribution is -2.16. The molecule has 0 spiro atoms. The van der Waals surface area contributed by atoms with Gasteiger partial charge in [-0.3, -0.25) is 9.67 Å². The highest BCUT2D eigenvalue weighted by Gasteiger charge is 2.24. The zero-order chi connectivity index (χ0) is 93.4. The summed E-state index contributed by atoms with van der Waals surface area (Å²) in [6.45, 7) is 68.5. The van der Waals surface area contributed by atoms with Crippen LogP contribution in [0.1, 0.15) is 469 Å². The molecule has 7 fully saturated rings. The van der Waals surface area contributed by atoms with Crippen LogP contribution in [0.4, 0.5) is 0 Å². The molecular weight excluding hydrogens is 1500 g/mol. The highest BCUT2D eigenvalue weighted by atomic mass is 16.3. The van der Waals surface area contributed by atoms with Crippen molar-refractivity contribution in [1.82, 2.24) is 14.8 Å². The average Bonchev–Trinajstić information content (AvgIpc) is 1.85. The van der Waals surface area contributed by atoms with Crippen molar-refractivity contribution in [2.75, 3.05) is 0 Å². The van der Waals surface area contributed by atoms with E-state index >= 15 is 0 Å². The SMILES string of the molecule is CC.CC.CC(C)C1=CCC=C1.CC(C)C1CC1.CC(C)C1CCC1.CC(C)C1CCCC1.CC(C)C1CCCCC1.CC(C)C1CCCCC1.CC(C)c1ccccc1.CC(C)c1ccccc1.CC(C)c1ccccc1.CC(C)c1ccccn1.CC(C)c1ccco1.CC(C)c1ccn(C)n1.CCC1CC1.CCC1CCCC1.CCc1ccccc1. The zero-order valence-corrected chi connectivity index (χ0v) is 87.7. The van der Waals surface area contributed by atoms with Crippen molar-refractivity contribution in [3.63, 3.8) is 0 Å². The molecule has 8 aliphatic rings. The van der Waals surface area contributed by atoms with Crippen molar-refractivity contribution in [3.8, 4) is 0 Å². The molecule has 0 aliphatic heterocycles. The maximum absolute atomic E-state index is 5.09. The highest BCUT2D eigenvalue weighted by molar-refractivity contribution is 5.27. The highest BCUT2D eigenvalue weighted by Crippen LogP contribution is 2.37. The summed E-state index contributed by atoms with van der Waals surface area (Å²) in [5.41, 5.74) is 9.47. The number of nitrogens with zero attached hydrogens (tertiary/aromatic N) is 3. The fourth-order valence-electron chi connectivity index (χ4n) is 15.3. The molecule has 0 unspecified atom stereocenters. The standard InChI is InChI=1S/2C9H18.3C9H12.C8H11N.C8H16.C8H12.C8H10.C7H12N2.C7H10O.2C7H14.C6H12.C5H10.2C2H6/c5*1-8(2)9-6-4-3-5-7-9;1-7(2)8-5-3-4-6-9-8;2*1-7(2)8-5-3-4-6-8;1-2-8-6-4-3-5-7-8;1-6(2)7-4-5-9(3)8-7;1-6(2)7-4-3-5-8-7;1-6(2)7-4-3-5-7;1-2-7-5-3-4-6-7;1-5(2)6-3-4-6;1-2-5-3-4-5;2*1-2/h2*8-9H,3-7H2,1-2H3;3*3-8H,1-2H3;3-7H,1-2H3;7-8H,3-6H2,1-2H3;3,5-7H,4H2,1-2H3;3-7H,2H2,1H3;4-6H,1-3H3;3-6H,1-2H3;6-7H,3-5H2,1-2H3;7H,2-6H2,1H3;5-6H,3-4H2,1-2H3;5H,2-4H2,1H3;2*1-2H3. The summed E-state index contributed by atoms with van der Waals surface area (Å²) < 4.78 is 6.92. The van der Waals surface area contributed by atoms with Crippen molar-refractivity contribution < 1.29 is 4.42 Å². The summed E-state index contributed by atoms with van der Waals surface area (Å²) >= 11 is 0. The van der Waals surface area contributed by atoms with Crippen LogP contribution in [0.3, 0.4) is 0 Å². The Morgan fingerprint density at radius 3 is 0.823 bits per heavy atom. The second kappa shape index (κ2) is 78.1. The van der Waals surface area contributed by atoms with E-state index in [0.717, 1.165) is 101 Å². The molecule has 0 atom stereocenters. The van der Waals surface area contributed by atoms with Crippen LogP contribution < -0.4 is 0 Å². The third-order valence-corrected chi connectivity index (χ3v) is 25.3. The fraction of sp³-hybridized carbons (Fsp3) is 0.667. The Hall–Kier alpha value is -6.00. The summed E-state index contributed by atoms with van der Waals surface area (Å²) in [7, 11) is 1.94. The smallest absolute Gasteiger partial charge is 0.106 e. The molecule has 0 bridgehead atoms. The first kappa shape index (κ1) is 120. The maximum atomic E-state index is 5.09. The molecule has 124 heavy (non-hydrogen) atoms. The molecule has 4 nitrogen and oxygen atoms in total. The summed E-state index contributed by atoms with van der Waals surface area (Å²) in [5, 5.41) is 4.23. The van der Waals surface area contributed by atoms with E-state index < -0.39 is 0 Å². The van der Waals surface area contributed by atoms with Gasteiger partial charge in [0.2, 0.25) is 0 Å². The molecule has 0 N–H and O–H groups in total. The molecule has 7 saturated carbocycles. The Bertz CT molecular complexity index is 3150. The summed E-state index contributed by atoms with van der Waals surface area (Å²) in [6, 6.07) is 54.0. The number of furan rings is 1. The van der Waals surface area contributed by atoms with Crippen LogP contribution in [0.5, 0.6) is 0 Å². The van der Waals surface area contributed by atoms with Gasteiger partial charge in [0.05, 0.1) is 12.0 Å². The lowest BCUT2D eigenvalue weighted by Gasteiger charge is -2.28. The summed E-state index contributed by atoms with van der Waals surface area (Å²) in [4.78, 5) is 4.18. The van der Waals surface area contributed by atoms with Crippen LogP contribution in [-0.4, -0.2) is 14.8 Å². The van der Waals surface area contributed by atoms with E-state index in [4.69, 9.17) is 4.42 Å². The molecule has 3 aromatic heterocycles. The normalized spacial score (nSPS) is 15.7. The number of hydrogen-bond acceptors (Lipinski definition) is 3. The van der Waals surface area contributed by atoms with Crippen LogP contribution >= 0.6 is 0 Å². The lowest BCUT2D eigenvalue weighted by molar-refractivity contribution is 0.235. The maximum Gasteiger partial charge on any atom is 0.106 e. The molecule has 4 aromatic carbocycles. The first-order valence-electron chi connectivity index (χ1n) is 51.8. The van der Waals surface area contributed by atoms with E-state index in [2.05, 4.69) is 312 Å². The van der Waals surface area contributed by atoms with Crippen LogP contribution in [0.25, 0.3) is 0 Å². The van der Waals surface area contributed by atoms with Gasteiger partial charge >= 0.3 is 0 Å². The molecule has 7 aromatic rings. The number of rotatable bonds is 15. The topological polar surface area (TPSA) is 43.9 Å². The van der Waals surface area contributed by atoms with Crippen LogP contribution in [0.2, 0.25) is 0 Å². The van der Waals surface area contributed by atoms with E-state index in [1.807, 2.05) is 112 Å². The number of benzene rings is 4. The largest absolute Gasteiger partial charge is 0.469 e. The molecule has 4 heteroatoms. The predicted molar refractivity (Wildman–Crippen MR) is 560 cm³/mol. The van der Waals surface area contributed by atoms with Crippen LogP contribution in [0.15, 0.2) is 205 Å². The Labute approximate surface area is 774 Å². The molecule has 8 aliphatic carbocycles. The summed E-state index contributed by atoms with van der Waals surface area (Å²) in [5.74, 6) is 17.7. The Balaban J connectivity index is 0. The molecule has 0 saturated heterocycles. The minimum atomic E-state index is 0.519. The third-order valence-electron chi connectivity index (χ3n) is 25.3. The van der Waals surface area contributed by atoms with E-state index in [1.165, 1.54) is 201 Å². The van der Waals surface area contributed by atoms with Crippen molar-refractivity contribution in [2.45, 2.75) is 436 Å². The number of allylic oxidation sites excluding steroid dienone is 4. The van der Waals surface area contributed by atoms with Crippen LogP contribution in [0, 0.1) is 76.9 Å². The average molecular weight is 1710 g/mol. The van der Waals surface area contributed by atoms with Gasteiger partial charge in [0.1, 0.15) is 5.76 Å². The van der Waals surface area contributed by atoms with Gasteiger partial charge < -0.3 is 4.42 Å². The minimum Gasteiger partial charge on any atom is -0.469 e. The number of pyridine rings is 1. The van der Waals surface area contributed by atoms with Gasteiger partial charge in [-0.1, -0.05) is 521 Å². The van der Waals surface area contributed by atoms with Gasteiger partial charge in [0, 0.05) is 31.1 Å². The van der Waals surface area contributed by atoms with Crippen molar-refractivity contribution in [3.05, 3.63) is 240 Å². The van der Waals surface area contributed by atoms with Gasteiger partial charge in [0.25, 0.3) is 0 Å². The van der Waals surface area contributed by atoms with E-state index in [9.17, 15) is 0 Å². The van der Waals surface area contributed by atoms with Gasteiger partial charge in [-0.25, -0.2) is 0 Å². The van der Waals surface area contributed by atoms with Crippen LogP contribution in [-0.2, 0) is 13.5 Å². The van der Waals surface area contributed by atoms with Gasteiger partial charge in [-0.2, -0.15) is 5.10 Å². The number of aryl methyl sites for hydroxylation is 2. The molecule has 0 radical (unpaired) electrons. The summed E-state index contributed by atoms with van der Waals surface area (Å²) in [6.07, 6.45) is 54.7. The van der Waals surface area contributed by atoms with Crippen molar-refractivity contribution in [1.29, 1.82) is 0 Å². The predicted octanol–water partition coefficient (Wildman–Crippen LogP) is 39.6. The Morgan fingerprint density at radius 2 is 0.661 bits per heavy atom. The first-order chi connectivity index (χ1) is 59.3. The monoisotopic (exact) mass is 1700 g/mol. The lowest BCUT2D eigenvalue weighted by atomic mass is 9.78. The van der Waals surface area contributed by atoms with Gasteiger partial charge in [-0.15, -0.1) is 0 Å². The quantitative estimate of drug-likeness (QED) is 0.103. The molecule has 3 heterocycles. The van der Waals surface area contributed by atoms with Crippen molar-refractivity contribution in [2.24, 2.45) is 84.0 Å². The van der Waals surface area contributed by atoms with Crippen molar-refractivity contribution >= 4 is 0 Å². The molecular formula is C120H205N3O. The molecule has 0 amide bonds. The zero-order valence-electron chi connectivity index (χ0n) is 87.7. The fourth-order valence-corrected chi connectivity index (χ4v) is 15.3. The Kier molecular flexibility index (Phi) is 75.6. The molecule has 706 valence electrons. The van der Waals surface area contributed by atoms with Gasteiger partial charge in [-0.05, 0) is 190 Å². The second-order valence-corrected chi connectivity index (χ2v) is 39.7. The number of aromatic nitrogens is 3. The molecule has 15 rings (SSSR count). The van der Waals surface area contributed by atoms with E-state index in [1.54, 1.807) is 6.26 Å². The second-order valence-electron chi connectivity index (χ2n) is 39.7. The number of hydrogen-bond donors (Lipinski definition) is 0. The van der Waals surface area contributed by atoms with E-state index in [0.29, 0.717) is 41.4 Å². The first-order valence-corrected chi connectivity index (χ1v) is 51.8. The van der Waals surface area contributed by atoms with Gasteiger partial charge in [0.15, 0.2) is 0 Å².